The Balaban J connectivity index is 1.95. The van der Waals surface area contributed by atoms with Crippen molar-refractivity contribution in [2.24, 2.45) is 0 Å². The van der Waals surface area contributed by atoms with E-state index in [1.807, 2.05) is 13.0 Å². The number of carbonyl (C=O) groups is 1. The van der Waals surface area contributed by atoms with Crippen molar-refractivity contribution < 1.29 is 9.53 Å². The Morgan fingerprint density at radius 2 is 2.30 bits per heavy atom. The minimum Gasteiger partial charge on any atom is -0.462 e. The first-order valence-electron chi connectivity index (χ1n) is 7.24. The van der Waals surface area contributed by atoms with Crippen LogP contribution >= 0.6 is 0 Å². The van der Waals surface area contributed by atoms with E-state index in [4.69, 9.17) is 4.74 Å². The Hall–Kier alpha value is -1.68. The van der Waals surface area contributed by atoms with Gasteiger partial charge in [-0.3, -0.25) is 9.88 Å². The highest BCUT2D eigenvalue weighted by Crippen LogP contribution is 2.27. The Morgan fingerprint density at radius 1 is 1.50 bits per heavy atom. The zero-order chi connectivity index (χ0) is 14.2. The van der Waals surface area contributed by atoms with Crippen molar-refractivity contribution in [3.8, 4) is 0 Å². The average molecular weight is 272 g/mol. The molecular formula is C16H20N2O2. The van der Waals surface area contributed by atoms with Crippen molar-refractivity contribution in [2.75, 3.05) is 19.7 Å². The molecule has 0 N–H and O–H groups in total. The molecule has 2 heterocycles. The highest BCUT2D eigenvalue weighted by molar-refractivity contribution is 5.89. The Bertz CT molecular complexity index is 649. The largest absolute Gasteiger partial charge is 0.462 e. The van der Waals surface area contributed by atoms with Crippen molar-refractivity contribution >= 4 is 18.1 Å². The molecule has 1 aromatic heterocycles. The van der Waals surface area contributed by atoms with Gasteiger partial charge in [-0.05, 0) is 44.1 Å². The quantitative estimate of drug-likeness (QED) is 0.759. The summed E-state index contributed by atoms with van der Waals surface area (Å²) in [4.78, 5) is 18.7. The predicted octanol–water partition coefficient (Wildman–Crippen LogP) is 0.687. The summed E-state index contributed by atoms with van der Waals surface area (Å²) in [7, 11) is 0. The van der Waals surface area contributed by atoms with E-state index >= 15 is 0 Å². The topological polar surface area (TPSA) is 42.4 Å². The summed E-state index contributed by atoms with van der Waals surface area (Å²) < 4.78 is 5.01. The van der Waals surface area contributed by atoms with Gasteiger partial charge < -0.3 is 4.74 Å². The second-order valence-electron chi connectivity index (χ2n) is 5.67. The van der Waals surface area contributed by atoms with Crippen LogP contribution in [0.4, 0.5) is 0 Å². The van der Waals surface area contributed by atoms with Gasteiger partial charge in [-0.25, -0.2) is 4.79 Å². The summed E-state index contributed by atoms with van der Waals surface area (Å²) in [6.07, 6.45) is 8.28. The molecule has 3 rings (SSSR count). The number of nitrogens with zero attached hydrogens (tertiary/aromatic N) is 2. The maximum atomic E-state index is 11.7. The third-order valence-electron chi connectivity index (χ3n) is 4.22. The standard InChI is InChI=1S/C16H20N2O2/c1-3-20-15(19)13-9-12-5-6-16(2,18-7-4-8-18)10-14(12)17-11-13/h5,9-11H,3-4,6-8H2,1-2H3. The van der Waals surface area contributed by atoms with Crippen LogP contribution < -0.4 is 10.6 Å². The minimum atomic E-state index is -0.299. The molecule has 0 spiro atoms. The summed E-state index contributed by atoms with van der Waals surface area (Å²) in [5.74, 6) is -0.299. The molecule has 1 saturated heterocycles. The summed E-state index contributed by atoms with van der Waals surface area (Å²) in [5.41, 5.74) is 0.603. The first-order valence-corrected chi connectivity index (χ1v) is 7.24. The Labute approximate surface area is 118 Å². The number of carbonyl (C=O) groups excluding carboxylic acids is 1. The Morgan fingerprint density at radius 3 is 2.95 bits per heavy atom. The molecule has 20 heavy (non-hydrogen) atoms. The van der Waals surface area contributed by atoms with Gasteiger partial charge >= 0.3 is 5.97 Å². The molecule has 0 bridgehead atoms. The van der Waals surface area contributed by atoms with Gasteiger partial charge in [-0.1, -0.05) is 6.08 Å². The summed E-state index contributed by atoms with van der Waals surface area (Å²) in [6, 6.07) is 1.88. The van der Waals surface area contributed by atoms with Crippen LogP contribution in [0.15, 0.2) is 12.3 Å². The van der Waals surface area contributed by atoms with Crippen molar-refractivity contribution in [3.63, 3.8) is 0 Å². The maximum Gasteiger partial charge on any atom is 0.339 e. The third kappa shape index (κ3) is 2.24. The van der Waals surface area contributed by atoms with E-state index in [0.29, 0.717) is 12.2 Å². The molecule has 4 heteroatoms. The maximum absolute atomic E-state index is 11.7. The molecule has 1 atom stereocenters. The molecule has 2 aliphatic rings. The molecule has 0 amide bonds. The molecule has 4 nitrogen and oxygen atoms in total. The number of hydrogen-bond donors (Lipinski definition) is 0. The van der Waals surface area contributed by atoms with Crippen LogP contribution in [0.5, 0.6) is 0 Å². The first kappa shape index (κ1) is 13.3. The molecule has 0 aromatic carbocycles. The number of fused-ring (bicyclic) bond motifs is 1. The highest BCUT2D eigenvalue weighted by atomic mass is 16.5. The van der Waals surface area contributed by atoms with Crippen molar-refractivity contribution in [1.29, 1.82) is 0 Å². The molecule has 1 aromatic rings. The van der Waals surface area contributed by atoms with E-state index in [-0.39, 0.29) is 11.5 Å². The van der Waals surface area contributed by atoms with Crippen LogP contribution in [-0.2, 0) is 4.74 Å². The molecule has 0 saturated carbocycles. The predicted molar refractivity (Wildman–Crippen MR) is 77.6 cm³/mol. The smallest absolute Gasteiger partial charge is 0.339 e. The molecule has 1 fully saturated rings. The first-order chi connectivity index (χ1) is 9.62. The van der Waals surface area contributed by atoms with E-state index in [9.17, 15) is 4.79 Å². The number of pyridine rings is 1. The number of likely N-dealkylation sites (tertiary alicyclic amines) is 1. The summed E-state index contributed by atoms with van der Waals surface area (Å²) >= 11 is 0. The van der Waals surface area contributed by atoms with E-state index in [2.05, 4.69) is 29.0 Å². The fraction of sp³-hybridized carbons (Fsp3) is 0.500. The molecule has 0 radical (unpaired) electrons. The zero-order valence-electron chi connectivity index (χ0n) is 12.1. The van der Waals surface area contributed by atoms with Crippen LogP contribution in [0.3, 0.4) is 0 Å². The fourth-order valence-corrected chi connectivity index (χ4v) is 2.82. The normalized spacial score (nSPS) is 24.9. The zero-order valence-corrected chi connectivity index (χ0v) is 12.1. The van der Waals surface area contributed by atoms with Gasteiger partial charge in [0.1, 0.15) is 0 Å². The summed E-state index contributed by atoms with van der Waals surface area (Å²) in [5, 5.41) is 2.01. The van der Waals surface area contributed by atoms with Crippen LogP contribution in [0.25, 0.3) is 12.2 Å². The molecule has 106 valence electrons. The second kappa shape index (κ2) is 5.02. The molecule has 1 aliphatic carbocycles. The average Bonchev–Trinajstić information content (AvgIpc) is 2.36. The van der Waals surface area contributed by atoms with E-state index < -0.39 is 0 Å². The lowest BCUT2D eigenvalue weighted by Gasteiger charge is -2.45. The SMILES string of the molecule is CCOC(=O)c1cnc2c(c1)=CCC(C)(N1CCC1)C=2. The Kier molecular flexibility index (Phi) is 3.34. The van der Waals surface area contributed by atoms with E-state index in [0.717, 1.165) is 30.1 Å². The van der Waals surface area contributed by atoms with Gasteiger partial charge in [0.25, 0.3) is 0 Å². The van der Waals surface area contributed by atoms with E-state index in [1.165, 1.54) is 6.42 Å². The van der Waals surface area contributed by atoms with Crippen molar-refractivity contribution in [1.82, 2.24) is 9.88 Å². The van der Waals surface area contributed by atoms with Crippen molar-refractivity contribution in [3.05, 3.63) is 28.4 Å². The molecule has 1 aliphatic heterocycles. The van der Waals surface area contributed by atoms with Crippen LogP contribution in [-0.4, -0.2) is 41.1 Å². The monoisotopic (exact) mass is 272 g/mol. The number of esters is 1. The lowest BCUT2D eigenvalue weighted by Crippen LogP contribution is -2.55. The minimum absolute atomic E-state index is 0.0731. The van der Waals surface area contributed by atoms with Crippen molar-refractivity contribution in [2.45, 2.75) is 32.2 Å². The summed E-state index contributed by atoms with van der Waals surface area (Å²) in [6.45, 7) is 6.78. The van der Waals surface area contributed by atoms with Crippen LogP contribution in [0.1, 0.15) is 37.0 Å². The molecule has 1 unspecified atom stereocenters. The number of rotatable bonds is 3. The van der Waals surface area contributed by atoms with Gasteiger partial charge in [0, 0.05) is 24.8 Å². The van der Waals surface area contributed by atoms with E-state index in [1.54, 1.807) is 6.20 Å². The number of ether oxygens (including phenoxy) is 1. The number of hydrogen-bond acceptors (Lipinski definition) is 4. The fourth-order valence-electron chi connectivity index (χ4n) is 2.82. The molecular weight excluding hydrogens is 252 g/mol. The van der Waals surface area contributed by atoms with Gasteiger partial charge in [-0.15, -0.1) is 0 Å². The van der Waals surface area contributed by atoms with Gasteiger partial charge in [0.05, 0.1) is 17.5 Å². The van der Waals surface area contributed by atoms with Crippen LogP contribution in [0, 0.1) is 0 Å². The second-order valence-corrected chi connectivity index (χ2v) is 5.67. The lowest BCUT2D eigenvalue weighted by molar-refractivity contribution is 0.0525. The number of aromatic nitrogens is 1. The highest BCUT2D eigenvalue weighted by Gasteiger charge is 2.33. The van der Waals surface area contributed by atoms with Gasteiger partial charge in [-0.2, -0.15) is 0 Å². The van der Waals surface area contributed by atoms with Gasteiger partial charge in [0.2, 0.25) is 0 Å². The lowest BCUT2D eigenvalue weighted by atomic mass is 9.88. The third-order valence-corrected chi connectivity index (χ3v) is 4.22. The van der Waals surface area contributed by atoms with Crippen LogP contribution in [0.2, 0.25) is 0 Å². The van der Waals surface area contributed by atoms with Gasteiger partial charge in [0.15, 0.2) is 0 Å².